The lowest BCUT2D eigenvalue weighted by molar-refractivity contribution is -0.934. The topological polar surface area (TPSA) is 115 Å². The number of nitrogens with zero attached hydrogens (tertiary/aromatic N) is 1. The van der Waals surface area contributed by atoms with Crippen LogP contribution in [0.5, 0.6) is 0 Å². The molecule has 0 bridgehead atoms. The maximum absolute atomic E-state index is 11.6. The van der Waals surface area contributed by atoms with E-state index in [4.69, 9.17) is 0 Å². The van der Waals surface area contributed by atoms with Crippen molar-refractivity contribution in [2.75, 3.05) is 26.2 Å². The molecule has 7 heteroatoms. The zero-order valence-electron chi connectivity index (χ0n) is 28.3. The second-order valence-corrected chi connectivity index (χ2v) is 13.4. The molecule has 252 valence electrons. The van der Waals surface area contributed by atoms with Crippen LogP contribution in [0.2, 0.25) is 0 Å². The smallest absolute Gasteiger partial charge is 0.311 e. The van der Waals surface area contributed by atoms with Gasteiger partial charge in [-0.1, -0.05) is 116 Å². The van der Waals surface area contributed by atoms with E-state index in [0.29, 0.717) is 6.54 Å². The number of hydrogen-bond acceptors (Lipinski definition) is 4. The Kier molecular flexibility index (Phi) is 25.3. The van der Waals surface area contributed by atoms with Crippen molar-refractivity contribution < 1.29 is 34.2 Å². The van der Waals surface area contributed by atoms with Gasteiger partial charge in [-0.25, -0.2) is 0 Å². The van der Waals surface area contributed by atoms with Gasteiger partial charge in [-0.2, -0.15) is 0 Å². The van der Waals surface area contributed by atoms with Crippen molar-refractivity contribution in [3.63, 3.8) is 0 Å². The van der Waals surface area contributed by atoms with Crippen molar-refractivity contribution in [3.05, 3.63) is 12.2 Å². The van der Waals surface area contributed by atoms with Gasteiger partial charge >= 0.3 is 11.9 Å². The number of unbranched alkanes of at least 4 members (excludes halogenated alkanes) is 18. The molecule has 0 aliphatic rings. The van der Waals surface area contributed by atoms with E-state index in [0.717, 1.165) is 19.3 Å². The average molecular weight is 610 g/mol. The Bertz CT molecular complexity index is 697. The number of carbonyl (C=O) groups is 3. The summed E-state index contributed by atoms with van der Waals surface area (Å²) >= 11 is 0. The van der Waals surface area contributed by atoms with Gasteiger partial charge in [0.15, 0.2) is 0 Å². The van der Waals surface area contributed by atoms with Crippen molar-refractivity contribution in [1.29, 1.82) is 0 Å². The van der Waals surface area contributed by atoms with Gasteiger partial charge in [0.25, 0.3) is 0 Å². The number of rotatable bonds is 31. The highest BCUT2D eigenvalue weighted by Crippen LogP contribution is 2.22. The van der Waals surface area contributed by atoms with Crippen molar-refractivity contribution in [1.82, 2.24) is 0 Å². The van der Waals surface area contributed by atoms with Crippen LogP contribution in [-0.4, -0.2) is 58.8 Å². The zero-order valence-corrected chi connectivity index (χ0v) is 28.3. The molecule has 0 saturated carbocycles. The van der Waals surface area contributed by atoms with E-state index in [1.807, 2.05) is 0 Å². The number of carboxylic acids is 3. The van der Waals surface area contributed by atoms with Crippen molar-refractivity contribution in [3.8, 4) is 0 Å². The summed E-state index contributed by atoms with van der Waals surface area (Å²) in [5.41, 5.74) is 0. The number of carboxylic acid groups (broad SMARTS) is 3. The lowest BCUT2D eigenvalue weighted by Gasteiger charge is -2.43. The van der Waals surface area contributed by atoms with Gasteiger partial charge in [-0.05, 0) is 52.4 Å². The van der Waals surface area contributed by atoms with Gasteiger partial charge in [-0.15, -0.1) is 0 Å². The van der Waals surface area contributed by atoms with Crippen LogP contribution in [0.25, 0.3) is 0 Å². The summed E-state index contributed by atoms with van der Waals surface area (Å²) in [6.07, 6.45) is 29.9. The molecule has 43 heavy (non-hydrogen) atoms. The Labute approximate surface area is 264 Å². The fraction of sp³-hybridized carbons (Fsp3) is 0.861. The molecule has 0 amide bonds. The minimum Gasteiger partial charge on any atom is -0.550 e. The SMILES string of the molecule is CCCCC/C=C/CCCCCCCCCCCCCCCCC[N+](CC(C)C(=O)[O-])(CC(C)C(=O)O)CC(C)C(=O)O. The molecule has 0 saturated heterocycles. The first kappa shape index (κ1) is 41.1. The minimum atomic E-state index is -1.18. The van der Waals surface area contributed by atoms with Crippen LogP contribution in [0.4, 0.5) is 0 Å². The summed E-state index contributed by atoms with van der Waals surface area (Å²) in [6, 6.07) is 0. The third kappa shape index (κ3) is 23.2. The van der Waals surface area contributed by atoms with Gasteiger partial charge in [0.05, 0.1) is 26.2 Å². The van der Waals surface area contributed by atoms with Crippen LogP contribution in [0, 0.1) is 17.8 Å². The third-order valence-corrected chi connectivity index (χ3v) is 8.87. The number of quaternary nitrogens is 1. The Balaban J connectivity index is 4.13. The molecule has 0 aliphatic carbocycles. The molecular formula is C36H67NO6. The third-order valence-electron chi connectivity index (χ3n) is 8.87. The van der Waals surface area contributed by atoms with E-state index < -0.39 is 35.7 Å². The molecule has 0 aliphatic heterocycles. The summed E-state index contributed by atoms with van der Waals surface area (Å²) in [4.78, 5) is 34.8. The molecule has 7 nitrogen and oxygen atoms in total. The maximum Gasteiger partial charge on any atom is 0.311 e. The molecule has 3 atom stereocenters. The monoisotopic (exact) mass is 609 g/mol. The molecule has 0 aromatic carbocycles. The lowest BCUT2D eigenvalue weighted by Crippen LogP contribution is -2.58. The Morgan fingerprint density at radius 2 is 0.884 bits per heavy atom. The van der Waals surface area contributed by atoms with E-state index >= 15 is 0 Å². The average Bonchev–Trinajstić information content (AvgIpc) is 2.95. The Morgan fingerprint density at radius 3 is 1.23 bits per heavy atom. The van der Waals surface area contributed by atoms with Gasteiger partial charge < -0.3 is 24.6 Å². The highest BCUT2D eigenvalue weighted by molar-refractivity contribution is 5.70. The van der Waals surface area contributed by atoms with Gasteiger partial charge in [0.2, 0.25) is 0 Å². The van der Waals surface area contributed by atoms with Crippen LogP contribution in [0.15, 0.2) is 12.2 Å². The molecule has 0 fully saturated rings. The summed E-state index contributed by atoms with van der Waals surface area (Å²) < 4.78 is 0.187. The highest BCUT2D eigenvalue weighted by atomic mass is 16.4. The standard InChI is InChI=1S/C36H67NO6/c1-5-6-7-8-9-10-11-12-13-14-15-16-17-18-19-20-21-22-23-24-25-26-27-37(28-31(2)34(38)39,29-32(3)35(40)41)30-33(4)36(42)43/h9-10,31-33H,5-8,11-30H2,1-4H3,(H2-,38,39,40,41,42,43)/b10-9+. The molecule has 0 rings (SSSR count). The largest absolute Gasteiger partial charge is 0.550 e. The van der Waals surface area contributed by atoms with Crippen molar-refractivity contribution >= 4 is 17.9 Å². The molecule has 2 N–H and O–H groups in total. The molecule has 0 heterocycles. The lowest BCUT2D eigenvalue weighted by atomic mass is 10.00. The maximum atomic E-state index is 11.6. The van der Waals surface area contributed by atoms with Gasteiger partial charge in [-0.3, -0.25) is 9.59 Å². The first-order chi connectivity index (χ1) is 20.5. The van der Waals surface area contributed by atoms with Gasteiger partial charge in [0, 0.05) is 11.9 Å². The Hall–Kier alpha value is -1.89. The summed E-state index contributed by atoms with van der Waals surface area (Å²) in [5, 5.41) is 30.6. The second-order valence-electron chi connectivity index (χ2n) is 13.4. The van der Waals surface area contributed by atoms with Crippen molar-refractivity contribution in [2.24, 2.45) is 17.8 Å². The van der Waals surface area contributed by atoms with Crippen LogP contribution in [0.3, 0.4) is 0 Å². The normalized spacial score (nSPS) is 15.3. The summed E-state index contributed by atoms with van der Waals surface area (Å²) in [6.45, 7) is 8.26. The molecule has 0 aromatic rings. The van der Waals surface area contributed by atoms with E-state index in [1.165, 1.54) is 109 Å². The fourth-order valence-electron chi connectivity index (χ4n) is 6.23. The quantitative estimate of drug-likeness (QED) is 0.0467. The van der Waals surface area contributed by atoms with Crippen LogP contribution >= 0.6 is 0 Å². The number of carbonyl (C=O) groups excluding carboxylic acids is 1. The predicted octanol–water partition coefficient (Wildman–Crippen LogP) is 8.01. The van der Waals surface area contributed by atoms with E-state index in [-0.39, 0.29) is 24.1 Å². The highest BCUT2D eigenvalue weighted by Gasteiger charge is 2.36. The van der Waals surface area contributed by atoms with Crippen molar-refractivity contribution in [2.45, 2.75) is 156 Å². The predicted molar refractivity (Wildman–Crippen MR) is 175 cm³/mol. The molecule has 0 aromatic heterocycles. The summed E-state index contributed by atoms with van der Waals surface area (Å²) in [5.74, 6) is -5.23. The zero-order chi connectivity index (χ0) is 32.3. The number of aliphatic carboxylic acids is 3. The fourth-order valence-corrected chi connectivity index (χ4v) is 6.23. The summed E-state index contributed by atoms with van der Waals surface area (Å²) in [7, 11) is 0. The van der Waals surface area contributed by atoms with E-state index in [2.05, 4.69) is 19.1 Å². The molecule has 0 radical (unpaired) electrons. The van der Waals surface area contributed by atoms with E-state index in [1.54, 1.807) is 20.8 Å². The number of hydrogen-bond donors (Lipinski definition) is 2. The Morgan fingerprint density at radius 1 is 0.558 bits per heavy atom. The minimum absolute atomic E-state index is 0.187. The van der Waals surface area contributed by atoms with Crippen LogP contribution < -0.4 is 5.11 Å². The first-order valence-electron chi connectivity index (χ1n) is 17.7. The van der Waals surface area contributed by atoms with Crippen LogP contribution in [0.1, 0.15) is 156 Å². The van der Waals surface area contributed by atoms with E-state index in [9.17, 15) is 29.7 Å². The van der Waals surface area contributed by atoms with Gasteiger partial charge in [0.1, 0.15) is 11.8 Å². The number of allylic oxidation sites excluding steroid dienone is 2. The van der Waals surface area contributed by atoms with Crippen LogP contribution in [-0.2, 0) is 14.4 Å². The second kappa shape index (κ2) is 26.5. The first-order valence-corrected chi connectivity index (χ1v) is 17.7. The molecule has 0 spiro atoms. The molecular weight excluding hydrogens is 542 g/mol. The molecule has 3 unspecified atom stereocenters.